The highest BCUT2D eigenvalue weighted by Crippen LogP contribution is 2.30. The van der Waals surface area contributed by atoms with Gasteiger partial charge in [-0.05, 0) is 32.0 Å². The van der Waals surface area contributed by atoms with E-state index in [0.717, 1.165) is 22.9 Å². The second kappa shape index (κ2) is 6.19. The highest BCUT2D eigenvalue weighted by atomic mass is 16.5. The molecule has 2 rings (SSSR count). The van der Waals surface area contributed by atoms with E-state index in [2.05, 4.69) is 5.32 Å². The molecule has 0 unspecified atom stereocenters. The highest BCUT2D eigenvalue weighted by Gasteiger charge is 2.05. The molecule has 0 bridgehead atoms. The van der Waals surface area contributed by atoms with Crippen LogP contribution in [0.1, 0.15) is 13.8 Å². The second-order valence-corrected chi connectivity index (χ2v) is 4.78. The lowest BCUT2D eigenvalue weighted by molar-refractivity contribution is 0.242. The standard InChI is InChI=1S/C16H20N2O2/c1-11(2)20-14-9-12(17)8-13(10-14)18-15-6-4-5-7-16(15)19-3/h4-11,18H,17H2,1-3H3. The summed E-state index contributed by atoms with van der Waals surface area (Å²) in [5.41, 5.74) is 8.31. The molecule has 3 N–H and O–H groups in total. The quantitative estimate of drug-likeness (QED) is 0.813. The Kier molecular flexibility index (Phi) is 4.35. The molecule has 0 amide bonds. The Hall–Kier alpha value is -2.36. The molecular formula is C16H20N2O2. The summed E-state index contributed by atoms with van der Waals surface area (Å²) in [5.74, 6) is 1.53. The van der Waals surface area contributed by atoms with Crippen molar-refractivity contribution in [2.75, 3.05) is 18.2 Å². The summed E-state index contributed by atoms with van der Waals surface area (Å²) in [6.45, 7) is 3.97. The van der Waals surface area contributed by atoms with Crippen molar-refractivity contribution < 1.29 is 9.47 Å². The number of nitrogens with one attached hydrogen (secondary N) is 1. The maximum atomic E-state index is 5.91. The van der Waals surface area contributed by atoms with Crippen molar-refractivity contribution in [2.45, 2.75) is 20.0 Å². The van der Waals surface area contributed by atoms with Crippen molar-refractivity contribution in [1.29, 1.82) is 0 Å². The van der Waals surface area contributed by atoms with E-state index in [0.29, 0.717) is 5.69 Å². The monoisotopic (exact) mass is 272 g/mol. The van der Waals surface area contributed by atoms with Gasteiger partial charge in [0.15, 0.2) is 0 Å². The van der Waals surface area contributed by atoms with E-state index in [4.69, 9.17) is 15.2 Å². The molecule has 0 atom stereocenters. The van der Waals surface area contributed by atoms with E-state index < -0.39 is 0 Å². The van der Waals surface area contributed by atoms with Gasteiger partial charge in [0.25, 0.3) is 0 Å². The summed E-state index contributed by atoms with van der Waals surface area (Å²) in [4.78, 5) is 0. The fourth-order valence-electron chi connectivity index (χ4n) is 1.94. The Balaban J connectivity index is 2.26. The van der Waals surface area contributed by atoms with Gasteiger partial charge in [-0.3, -0.25) is 0 Å². The van der Waals surface area contributed by atoms with Gasteiger partial charge in [-0.15, -0.1) is 0 Å². The zero-order valence-electron chi connectivity index (χ0n) is 12.0. The number of rotatable bonds is 5. The minimum absolute atomic E-state index is 0.107. The molecule has 4 nitrogen and oxygen atoms in total. The van der Waals surface area contributed by atoms with Gasteiger partial charge >= 0.3 is 0 Å². The third-order valence-electron chi connectivity index (χ3n) is 2.69. The van der Waals surface area contributed by atoms with E-state index in [1.165, 1.54) is 0 Å². The van der Waals surface area contributed by atoms with Crippen molar-refractivity contribution >= 4 is 17.1 Å². The Labute approximate surface area is 119 Å². The fraction of sp³-hybridized carbons (Fsp3) is 0.250. The Morgan fingerprint density at radius 2 is 1.85 bits per heavy atom. The van der Waals surface area contributed by atoms with E-state index in [1.54, 1.807) is 7.11 Å². The first-order chi connectivity index (χ1) is 9.58. The molecule has 0 aliphatic heterocycles. The number of ether oxygens (including phenoxy) is 2. The minimum atomic E-state index is 0.107. The number of nitrogens with two attached hydrogens (primary N) is 1. The summed E-state index contributed by atoms with van der Waals surface area (Å²) in [6, 6.07) is 13.3. The highest BCUT2D eigenvalue weighted by molar-refractivity contribution is 5.70. The molecule has 4 heteroatoms. The van der Waals surface area contributed by atoms with Crippen LogP contribution in [0.15, 0.2) is 42.5 Å². The summed E-state index contributed by atoms with van der Waals surface area (Å²) < 4.78 is 11.0. The van der Waals surface area contributed by atoms with Crippen LogP contribution in [0, 0.1) is 0 Å². The van der Waals surface area contributed by atoms with E-state index in [9.17, 15) is 0 Å². The molecule has 0 heterocycles. The molecule has 0 radical (unpaired) electrons. The zero-order valence-corrected chi connectivity index (χ0v) is 12.0. The predicted molar refractivity (Wildman–Crippen MR) is 82.9 cm³/mol. The third kappa shape index (κ3) is 3.57. The first-order valence-electron chi connectivity index (χ1n) is 6.55. The van der Waals surface area contributed by atoms with Crippen LogP contribution in [0.25, 0.3) is 0 Å². The van der Waals surface area contributed by atoms with Crippen molar-refractivity contribution in [2.24, 2.45) is 0 Å². The molecule has 0 saturated carbocycles. The lowest BCUT2D eigenvalue weighted by Gasteiger charge is -2.14. The van der Waals surface area contributed by atoms with Crippen LogP contribution in [-0.2, 0) is 0 Å². The third-order valence-corrected chi connectivity index (χ3v) is 2.69. The summed E-state index contributed by atoms with van der Waals surface area (Å²) in [5, 5.41) is 3.29. The number of methoxy groups -OCH3 is 1. The SMILES string of the molecule is COc1ccccc1Nc1cc(N)cc(OC(C)C)c1. The molecule has 0 fully saturated rings. The lowest BCUT2D eigenvalue weighted by Crippen LogP contribution is -2.06. The molecule has 0 aromatic heterocycles. The largest absolute Gasteiger partial charge is 0.495 e. The van der Waals surface area contributed by atoms with Crippen molar-refractivity contribution in [3.63, 3.8) is 0 Å². The van der Waals surface area contributed by atoms with Crippen LogP contribution in [-0.4, -0.2) is 13.2 Å². The molecule has 0 aliphatic carbocycles. The van der Waals surface area contributed by atoms with Crippen LogP contribution in [0.4, 0.5) is 17.1 Å². The molecule has 0 spiro atoms. The van der Waals surface area contributed by atoms with E-state index >= 15 is 0 Å². The van der Waals surface area contributed by atoms with Gasteiger partial charge in [0, 0.05) is 23.5 Å². The molecule has 0 saturated heterocycles. The molecule has 0 aliphatic rings. The average molecular weight is 272 g/mol. The van der Waals surface area contributed by atoms with Crippen molar-refractivity contribution in [3.8, 4) is 11.5 Å². The number of hydrogen-bond acceptors (Lipinski definition) is 4. The maximum absolute atomic E-state index is 5.91. The molecule has 20 heavy (non-hydrogen) atoms. The number of benzene rings is 2. The minimum Gasteiger partial charge on any atom is -0.495 e. The number of hydrogen-bond donors (Lipinski definition) is 2. The lowest BCUT2D eigenvalue weighted by atomic mass is 10.2. The average Bonchev–Trinajstić information content (AvgIpc) is 2.37. The van der Waals surface area contributed by atoms with Crippen LogP contribution >= 0.6 is 0 Å². The number of para-hydroxylation sites is 2. The van der Waals surface area contributed by atoms with Gasteiger partial charge in [-0.1, -0.05) is 12.1 Å². The number of nitrogen functional groups attached to an aromatic ring is 1. The summed E-state index contributed by atoms with van der Waals surface area (Å²) in [7, 11) is 1.65. The van der Waals surface area contributed by atoms with Crippen LogP contribution in [0.2, 0.25) is 0 Å². The smallest absolute Gasteiger partial charge is 0.142 e. The first-order valence-corrected chi connectivity index (χ1v) is 6.55. The van der Waals surface area contributed by atoms with Gasteiger partial charge in [-0.2, -0.15) is 0 Å². The van der Waals surface area contributed by atoms with E-state index in [-0.39, 0.29) is 6.10 Å². The molecule has 2 aromatic rings. The Bertz CT molecular complexity index is 582. The molecule has 106 valence electrons. The zero-order chi connectivity index (χ0) is 14.5. The van der Waals surface area contributed by atoms with Gasteiger partial charge in [-0.25, -0.2) is 0 Å². The predicted octanol–water partition coefficient (Wildman–Crippen LogP) is 3.81. The van der Waals surface area contributed by atoms with Crippen LogP contribution in [0.3, 0.4) is 0 Å². The first kappa shape index (κ1) is 14.1. The maximum Gasteiger partial charge on any atom is 0.142 e. The van der Waals surface area contributed by atoms with E-state index in [1.807, 2.05) is 56.3 Å². The van der Waals surface area contributed by atoms with Crippen molar-refractivity contribution in [1.82, 2.24) is 0 Å². The van der Waals surface area contributed by atoms with Crippen LogP contribution < -0.4 is 20.5 Å². The molecule has 2 aromatic carbocycles. The van der Waals surface area contributed by atoms with Gasteiger partial charge in [0.05, 0.1) is 18.9 Å². The number of anilines is 3. The fourth-order valence-corrected chi connectivity index (χ4v) is 1.94. The van der Waals surface area contributed by atoms with Gasteiger partial charge in [0.1, 0.15) is 11.5 Å². The summed E-state index contributed by atoms with van der Waals surface area (Å²) >= 11 is 0. The Morgan fingerprint density at radius 3 is 2.55 bits per heavy atom. The summed E-state index contributed by atoms with van der Waals surface area (Å²) in [6.07, 6.45) is 0.107. The Morgan fingerprint density at radius 1 is 1.10 bits per heavy atom. The van der Waals surface area contributed by atoms with Gasteiger partial charge in [0.2, 0.25) is 0 Å². The van der Waals surface area contributed by atoms with Crippen molar-refractivity contribution in [3.05, 3.63) is 42.5 Å². The normalized spacial score (nSPS) is 10.4. The molecular weight excluding hydrogens is 252 g/mol. The van der Waals surface area contributed by atoms with Crippen LogP contribution in [0.5, 0.6) is 11.5 Å². The topological polar surface area (TPSA) is 56.5 Å². The second-order valence-electron chi connectivity index (χ2n) is 4.78. The van der Waals surface area contributed by atoms with Gasteiger partial charge < -0.3 is 20.5 Å².